The summed E-state index contributed by atoms with van der Waals surface area (Å²) in [6.07, 6.45) is 5.90. The Labute approximate surface area is 162 Å². The summed E-state index contributed by atoms with van der Waals surface area (Å²) in [6, 6.07) is 6.73. The number of hydrogen-bond donors (Lipinski definition) is 1. The third-order valence-electron chi connectivity index (χ3n) is 6.43. The minimum absolute atomic E-state index is 0.0558. The summed E-state index contributed by atoms with van der Waals surface area (Å²) in [6.45, 7) is 0. The number of carbonyl (C=O) groups is 2. The maximum absolute atomic E-state index is 12.7. The Kier molecular flexibility index (Phi) is 4.71. The molecule has 5 rings (SSSR count). The Morgan fingerprint density at radius 1 is 1.04 bits per heavy atom. The van der Waals surface area contributed by atoms with Gasteiger partial charge in [0, 0.05) is 21.7 Å². The first-order valence-corrected chi connectivity index (χ1v) is 9.91. The average molecular weight is 391 g/mol. The largest absolute Gasteiger partial charge is 0.346 e. The number of ketones is 1. The van der Waals surface area contributed by atoms with Gasteiger partial charge in [-0.1, -0.05) is 29.3 Å². The van der Waals surface area contributed by atoms with E-state index in [4.69, 9.17) is 23.2 Å². The number of halogens is 2. The topological polar surface area (TPSA) is 70.0 Å². The van der Waals surface area contributed by atoms with Crippen LogP contribution in [-0.2, 0) is 9.59 Å². The predicted molar refractivity (Wildman–Crippen MR) is 98.8 cm³/mol. The Morgan fingerprint density at radius 2 is 1.58 bits per heavy atom. The highest BCUT2D eigenvalue weighted by atomic mass is 35.5. The van der Waals surface area contributed by atoms with Gasteiger partial charge in [0.25, 0.3) is 5.91 Å². The van der Waals surface area contributed by atoms with Gasteiger partial charge < -0.3 is 5.32 Å². The summed E-state index contributed by atoms with van der Waals surface area (Å²) in [5.41, 5.74) is 0.212. The molecule has 6 heteroatoms. The molecule has 4 aliphatic carbocycles. The molecule has 1 aromatic rings. The van der Waals surface area contributed by atoms with Gasteiger partial charge in [0.1, 0.15) is 5.92 Å². The van der Waals surface area contributed by atoms with Crippen LogP contribution in [0.25, 0.3) is 0 Å². The summed E-state index contributed by atoms with van der Waals surface area (Å²) in [5.74, 6) is -0.250. The van der Waals surface area contributed by atoms with E-state index in [1.165, 1.54) is 6.42 Å². The van der Waals surface area contributed by atoms with E-state index in [9.17, 15) is 14.9 Å². The van der Waals surface area contributed by atoms with Crippen molar-refractivity contribution in [3.63, 3.8) is 0 Å². The Morgan fingerprint density at radius 3 is 2.08 bits per heavy atom. The van der Waals surface area contributed by atoms with Crippen LogP contribution in [0.2, 0.25) is 10.0 Å². The van der Waals surface area contributed by atoms with Crippen molar-refractivity contribution in [2.24, 2.45) is 23.7 Å². The fraction of sp³-hybridized carbons (Fsp3) is 0.550. The first-order chi connectivity index (χ1) is 12.5. The van der Waals surface area contributed by atoms with Crippen molar-refractivity contribution < 1.29 is 9.59 Å². The SMILES string of the molecule is N#C[C@H](C(=O)C(=O)NC1C2CC3CC(C2)CC1C3)c1c(Cl)cccc1Cl. The number of hydrogen-bond acceptors (Lipinski definition) is 3. The van der Waals surface area contributed by atoms with Crippen LogP contribution in [0, 0.1) is 35.0 Å². The molecule has 136 valence electrons. The lowest BCUT2D eigenvalue weighted by Gasteiger charge is -2.54. The second kappa shape index (κ2) is 6.87. The molecule has 26 heavy (non-hydrogen) atoms. The molecule has 0 saturated heterocycles. The number of nitrogens with one attached hydrogen (secondary N) is 1. The highest BCUT2D eigenvalue weighted by Gasteiger charge is 2.49. The fourth-order valence-electron chi connectivity index (χ4n) is 5.56. The van der Waals surface area contributed by atoms with E-state index >= 15 is 0 Å². The maximum Gasteiger partial charge on any atom is 0.289 e. The lowest BCUT2D eigenvalue weighted by atomic mass is 9.54. The molecule has 1 N–H and O–H groups in total. The van der Waals surface area contributed by atoms with Crippen molar-refractivity contribution in [3.8, 4) is 6.07 Å². The van der Waals surface area contributed by atoms with E-state index in [-0.39, 0.29) is 21.7 Å². The van der Waals surface area contributed by atoms with Crippen LogP contribution in [0.5, 0.6) is 0 Å². The second-order valence-corrected chi connectivity index (χ2v) is 8.81. The van der Waals surface area contributed by atoms with Gasteiger partial charge in [-0.05, 0) is 67.9 Å². The number of benzene rings is 1. The molecule has 0 spiro atoms. The first-order valence-electron chi connectivity index (χ1n) is 9.16. The van der Waals surface area contributed by atoms with Gasteiger partial charge in [-0.25, -0.2) is 0 Å². The van der Waals surface area contributed by atoms with Gasteiger partial charge in [-0.15, -0.1) is 0 Å². The zero-order chi connectivity index (χ0) is 18.4. The molecule has 0 radical (unpaired) electrons. The average Bonchev–Trinajstić information content (AvgIpc) is 2.60. The van der Waals surface area contributed by atoms with Gasteiger partial charge in [-0.2, -0.15) is 5.26 Å². The quantitative estimate of drug-likeness (QED) is 0.786. The van der Waals surface area contributed by atoms with E-state index in [0.29, 0.717) is 11.8 Å². The van der Waals surface area contributed by atoms with Crippen LogP contribution in [0.4, 0.5) is 0 Å². The van der Waals surface area contributed by atoms with Crippen LogP contribution < -0.4 is 5.32 Å². The molecule has 4 bridgehead atoms. The lowest BCUT2D eigenvalue weighted by Crippen LogP contribution is -2.57. The summed E-state index contributed by atoms with van der Waals surface area (Å²) < 4.78 is 0. The van der Waals surface area contributed by atoms with Gasteiger partial charge in [-0.3, -0.25) is 9.59 Å². The van der Waals surface area contributed by atoms with Crippen molar-refractivity contribution >= 4 is 34.9 Å². The van der Waals surface area contributed by atoms with Gasteiger partial charge in [0.15, 0.2) is 0 Å². The Balaban J connectivity index is 1.51. The van der Waals surface area contributed by atoms with Crippen LogP contribution in [0.1, 0.15) is 43.6 Å². The lowest BCUT2D eigenvalue weighted by molar-refractivity contribution is -0.140. The number of amides is 1. The minimum atomic E-state index is -1.28. The number of nitrogens with zero attached hydrogens (tertiary/aromatic N) is 1. The zero-order valence-corrected chi connectivity index (χ0v) is 15.8. The van der Waals surface area contributed by atoms with E-state index in [1.54, 1.807) is 18.2 Å². The molecule has 4 aliphatic rings. The molecule has 4 nitrogen and oxygen atoms in total. The van der Waals surface area contributed by atoms with Gasteiger partial charge >= 0.3 is 0 Å². The monoisotopic (exact) mass is 390 g/mol. The molecule has 1 aromatic carbocycles. The third-order valence-corrected chi connectivity index (χ3v) is 7.09. The molecule has 0 unspecified atom stereocenters. The van der Waals surface area contributed by atoms with E-state index in [0.717, 1.165) is 37.5 Å². The minimum Gasteiger partial charge on any atom is -0.346 e. The van der Waals surface area contributed by atoms with Crippen LogP contribution in [0.3, 0.4) is 0 Å². The number of carbonyl (C=O) groups excluding carboxylic acids is 2. The van der Waals surface area contributed by atoms with Gasteiger partial charge in [0.2, 0.25) is 5.78 Å². The molecular weight excluding hydrogens is 371 g/mol. The molecule has 0 heterocycles. The summed E-state index contributed by atoms with van der Waals surface area (Å²) in [5, 5.41) is 12.9. The predicted octanol–water partition coefficient (Wildman–Crippen LogP) is 4.11. The van der Waals surface area contributed by atoms with Crippen LogP contribution in [0.15, 0.2) is 18.2 Å². The van der Waals surface area contributed by atoms with E-state index < -0.39 is 17.6 Å². The molecule has 0 aliphatic heterocycles. The van der Waals surface area contributed by atoms with Crippen LogP contribution in [-0.4, -0.2) is 17.7 Å². The molecule has 1 amide bonds. The summed E-state index contributed by atoms with van der Waals surface area (Å²) in [7, 11) is 0. The van der Waals surface area contributed by atoms with Crippen LogP contribution >= 0.6 is 23.2 Å². The zero-order valence-electron chi connectivity index (χ0n) is 14.3. The standard InChI is InChI=1S/C20H20Cl2N2O2/c21-15-2-1-3-16(22)17(15)14(9-23)19(25)20(26)24-18-12-5-10-4-11(7-12)8-13(18)6-10/h1-3,10-14,18H,4-8H2,(H,24,26)/t10?,11?,12?,13?,14-,18?/m0/s1. The molecule has 1 atom stereocenters. The Bertz CT molecular complexity index is 753. The molecule has 0 aromatic heterocycles. The van der Waals surface area contributed by atoms with Crippen molar-refractivity contribution in [1.82, 2.24) is 5.32 Å². The highest BCUT2D eigenvalue weighted by molar-refractivity contribution is 6.42. The van der Waals surface area contributed by atoms with Crippen molar-refractivity contribution in [3.05, 3.63) is 33.8 Å². The Hall–Kier alpha value is -1.57. The van der Waals surface area contributed by atoms with E-state index in [1.807, 2.05) is 6.07 Å². The van der Waals surface area contributed by atoms with Crippen molar-refractivity contribution in [2.45, 2.75) is 44.1 Å². The summed E-state index contributed by atoms with van der Waals surface area (Å²) in [4.78, 5) is 25.3. The van der Waals surface area contributed by atoms with Gasteiger partial charge in [0.05, 0.1) is 6.07 Å². The smallest absolute Gasteiger partial charge is 0.289 e. The summed E-state index contributed by atoms with van der Waals surface area (Å²) >= 11 is 12.2. The van der Waals surface area contributed by atoms with E-state index in [2.05, 4.69) is 5.32 Å². The number of nitriles is 1. The van der Waals surface area contributed by atoms with Crippen molar-refractivity contribution in [1.29, 1.82) is 5.26 Å². The number of rotatable bonds is 4. The fourth-order valence-corrected chi connectivity index (χ4v) is 6.17. The van der Waals surface area contributed by atoms with Crippen molar-refractivity contribution in [2.75, 3.05) is 0 Å². The third kappa shape index (κ3) is 3.02. The molecular formula is C20H20Cl2N2O2. The normalized spacial score (nSPS) is 32.7. The molecule has 4 saturated carbocycles. The highest BCUT2D eigenvalue weighted by Crippen LogP contribution is 2.53. The second-order valence-electron chi connectivity index (χ2n) is 7.99. The molecule has 4 fully saturated rings. The first kappa shape index (κ1) is 17.8. The number of Topliss-reactive ketones (excluding diaryl/α,β-unsaturated/α-hetero) is 1. The maximum atomic E-state index is 12.7.